The molecule has 2 aromatic carbocycles. The maximum Gasteiger partial charge on any atom is 0.339 e. The van der Waals surface area contributed by atoms with E-state index in [0.717, 1.165) is 5.56 Å². The largest absolute Gasteiger partial charge is 0.465 e. The second kappa shape index (κ2) is 9.36. The Bertz CT molecular complexity index is 783. The van der Waals surface area contributed by atoms with Crippen molar-refractivity contribution in [2.75, 3.05) is 19.0 Å². The Hall–Kier alpha value is -3.15. The Morgan fingerprint density at radius 3 is 2.46 bits per heavy atom. The second-order valence-corrected chi connectivity index (χ2v) is 5.91. The zero-order valence-corrected chi connectivity index (χ0v) is 15.1. The Balaban J connectivity index is 1.87. The molecule has 26 heavy (non-hydrogen) atoms. The topological polar surface area (TPSA) is 77.0 Å². The third-order valence-corrected chi connectivity index (χ3v) is 3.68. The van der Waals surface area contributed by atoms with Gasteiger partial charge < -0.3 is 14.9 Å². The van der Waals surface area contributed by atoms with Gasteiger partial charge in [0.05, 0.1) is 24.6 Å². The summed E-state index contributed by atoms with van der Waals surface area (Å²) >= 11 is 0. The summed E-state index contributed by atoms with van der Waals surface area (Å²) in [4.78, 5) is 28.6. The Morgan fingerprint density at radius 2 is 1.81 bits per heavy atom. The monoisotopic (exact) mass is 354 g/mol. The summed E-state index contributed by atoms with van der Waals surface area (Å²) in [6, 6.07) is 14.5. The third kappa shape index (κ3) is 5.44. The van der Waals surface area contributed by atoms with Gasteiger partial charge in [0.2, 0.25) is 0 Å². The highest BCUT2D eigenvalue weighted by molar-refractivity contribution is 6.01. The minimum absolute atomic E-state index is 0.268. The lowest BCUT2D eigenvalue weighted by Crippen LogP contribution is -2.19. The van der Waals surface area contributed by atoms with E-state index < -0.39 is 11.9 Å². The van der Waals surface area contributed by atoms with Crippen molar-refractivity contribution in [2.24, 2.45) is 5.16 Å². The number of carbonyl (C=O) groups is 2. The molecule has 1 amide bonds. The first-order valence-corrected chi connectivity index (χ1v) is 8.23. The molecule has 0 radical (unpaired) electrons. The third-order valence-electron chi connectivity index (χ3n) is 3.68. The molecule has 1 N–H and O–H groups in total. The Labute approximate surface area is 152 Å². The van der Waals surface area contributed by atoms with Gasteiger partial charge in [-0.05, 0) is 29.2 Å². The summed E-state index contributed by atoms with van der Waals surface area (Å²) in [7, 11) is 1.28. The number of amides is 1. The number of carbonyl (C=O) groups excluding carboxylic acids is 2. The van der Waals surface area contributed by atoms with Crippen molar-refractivity contribution in [3.63, 3.8) is 0 Å². The van der Waals surface area contributed by atoms with Crippen molar-refractivity contribution < 1.29 is 19.2 Å². The number of nitrogens with zero attached hydrogens (tertiary/aromatic N) is 1. The predicted molar refractivity (Wildman–Crippen MR) is 100 cm³/mol. The molecule has 0 aliphatic carbocycles. The minimum Gasteiger partial charge on any atom is -0.465 e. The van der Waals surface area contributed by atoms with Gasteiger partial charge in [-0.2, -0.15) is 0 Å². The number of anilines is 1. The molecule has 6 heteroatoms. The fourth-order valence-corrected chi connectivity index (χ4v) is 2.23. The molecule has 6 nitrogen and oxygen atoms in total. The molecule has 0 aromatic heterocycles. The van der Waals surface area contributed by atoms with Crippen LogP contribution in [0.1, 0.15) is 41.3 Å². The van der Waals surface area contributed by atoms with Gasteiger partial charge in [0.15, 0.2) is 6.61 Å². The molecule has 0 unspecified atom stereocenters. The zero-order chi connectivity index (χ0) is 18.9. The first-order chi connectivity index (χ1) is 12.5. The van der Waals surface area contributed by atoms with Crippen molar-refractivity contribution in [3.8, 4) is 0 Å². The van der Waals surface area contributed by atoms with Gasteiger partial charge in [-0.25, -0.2) is 4.79 Å². The lowest BCUT2D eigenvalue weighted by Gasteiger charge is -2.08. The van der Waals surface area contributed by atoms with Crippen LogP contribution in [0.25, 0.3) is 0 Å². The summed E-state index contributed by atoms with van der Waals surface area (Å²) in [5.41, 5.74) is 2.76. The lowest BCUT2D eigenvalue weighted by molar-refractivity contribution is -0.120. The van der Waals surface area contributed by atoms with Gasteiger partial charge >= 0.3 is 5.97 Å². The summed E-state index contributed by atoms with van der Waals surface area (Å²) in [5.74, 6) is -0.479. The number of esters is 1. The number of ether oxygens (including phenoxy) is 1. The molecule has 0 heterocycles. The van der Waals surface area contributed by atoms with E-state index in [9.17, 15) is 9.59 Å². The van der Waals surface area contributed by atoms with E-state index in [2.05, 4.69) is 29.1 Å². The number of benzene rings is 2. The van der Waals surface area contributed by atoms with Gasteiger partial charge in [0.1, 0.15) is 0 Å². The molecule has 0 aliphatic rings. The summed E-state index contributed by atoms with van der Waals surface area (Å²) in [6.07, 6.45) is 1.54. The molecule has 0 spiro atoms. The fraction of sp³-hybridized carbons (Fsp3) is 0.250. The van der Waals surface area contributed by atoms with E-state index in [-0.39, 0.29) is 12.2 Å². The molecule has 0 saturated carbocycles. The number of rotatable bonds is 7. The molecule has 0 aliphatic heterocycles. The van der Waals surface area contributed by atoms with Gasteiger partial charge in [0, 0.05) is 0 Å². The number of oxime groups is 1. The van der Waals surface area contributed by atoms with E-state index in [0.29, 0.717) is 11.6 Å². The van der Waals surface area contributed by atoms with Crippen LogP contribution in [-0.4, -0.2) is 31.8 Å². The average Bonchev–Trinajstić information content (AvgIpc) is 2.65. The van der Waals surface area contributed by atoms with E-state index in [4.69, 9.17) is 4.84 Å². The van der Waals surface area contributed by atoms with Crippen LogP contribution < -0.4 is 5.32 Å². The number of para-hydroxylation sites is 1. The summed E-state index contributed by atoms with van der Waals surface area (Å²) in [6.45, 7) is 3.99. The molecule has 0 fully saturated rings. The minimum atomic E-state index is -0.523. The van der Waals surface area contributed by atoms with Crippen LogP contribution in [0.2, 0.25) is 0 Å². The lowest BCUT2D eigenvalue weighted by atomic mass is 10.0. The zero-order valence-electron chi connectivity index (χ0n) is 15.1. The molecule has 0 saturated heterocycles. The Morgan fingerprint density at radius 1 is 1.12 bits per heavy atom. The van der Waals surface area contributed by atoms with Crippen molar-refractivity contribution in [1.82, 2.24) is 0 Å². The number of methoxy groups -OCH3 is 1. The van der Waals surface area contributed by atoms with Crippen molar-refractivity contribution in [2.45, 2.75) is 19.8 Å². The number of nitrogens with one attached hydrogen (secondary N) is 1. The van der Waals surface area contributed by atoms with E-state index >= 15 is 0 Å². The second-order valence-electron chi connectivity index (χ2n) is 5.91. The standard InChI is InChI=1S/C20H22N2O4/c1-14(2)16-10-8-15(9-11-16)12-21-26-13-19(23)22-18-7-5-4-6-17(18)20(24)25-3/h4-12,14H,13H2,1-3H3,(H,22,23)/b21-12-. The van der Waals surface area contributed by atoms with Crippen molar-refractivity contribution in [1.29, 1.82) is 0 Å². The van der Waals surface area contributed by atoms with E-state index in [1.807, 2.05) is 24.3 Å². The molecule has 2 aromatic rings. The molecule has 2 rings (SSSR count). The van der Waals surface area contributed by atoms with Crippen LogP contribution in [0.3, 0.4) is 0 Å². The van der Waals surface area contributed by atoms with Crippen LogP contribution in [0.5, 0.6) is 0 Å². The highest BCUT2D eigenvalue weighted by Crippen LogP contribution is 2.16. The summed E-state index contributed by atoms with van der Waals surface area (Å²) < 4.78 is 4.68. The van der Waals surface area contributed by atoms with Gasteiger partial charge in [-0.3, -0.25) is 4.79 Å². The highest BCUT2D eigenvalue weighted by atomic mass is 16.6. The van der Waals surface area contributed by atoms with Crippen LogP contribution in [0.15, 0.2) is 53.7 Å². The molecule has 0 bridgehead atoms. The molecule has 136 valence electrons. The van der Waals surface area contributed by atoms with E-state index in [1.165, 1.54) is 12.7 Å². The van der Waals surface area contributed by atoms with Crippen LogP contribution >= 0.6 is 0 Å². The van der Waals surface area contributed by atoms with Gasteiger partial charge in [-0.1, -0.05) is 55.4 Å². The number of hydrogen-bond acceptors (Lipinski definition) is 5. The molecule has 0 atom stereocenters. The van der Waals surface area contributed by atoms with Crippen LogP contribution in [0, 0.1) is 0 Å². The molecular weight excluding hydrogens is 332 g/mol. The maximum atomic E-state index is 11.9. The van der Waals surface area contributed by atoms with Crippen molar-refractivity contribution in [3.05, 3.63) is 65.2 Å². The van der Waals surface area contributed by atoms with Gasteiger partial charge in [0.25, 0.3) is 5.91 Å². The predicted octanol–water partition coefficient (Wildman–Crippen LogP) is 3.59. The van der Waals surface area contributed by atoms with E-state index in [1.54, 1.807) is 30.5 Å². The highest BCUT2D eigenvalue weighted by Gasteiger charge is 2.13. The van der Waals surface area contributed by atoms with Crippen LogP contribution in [-0.2, 0) is 14.4 Å². The van der Waals surface area contributed by atoms with Crippen molar-refractivity contribution >= 4 is 23.8 Å². The smallest absolute Gasteiger partial charge is 0.339 e. The number of hydrogen-bond donors (Lipinski definition) is 1. The van der Waals surface area contributed by atoms with Gasteiger partial charge in [-0.15, -0.1) is 0 Å². The maximum absolute atomic E-state index is 11.9. The quantitative estimate of drug-likeness (QED) is 0.468. The summed E-state index contributed by atoms with van der Waals surface area (Å²) in [5, 5.41) is 6.40. The first kappa shape index (κ1) is 19.2. The fourth-order valence-electron chi connectivity index (χ4n) is 2.23. The SMILES string of the molecule is COC(=O)c1ccccc1NC(=O)CO/N=C\c1ccc(C(C)C)cc1. The average molecular weight is 354 g/mol. The first-order valence-electron chi connectivity index (χ1n) is 8.23. The molecular formula is C20H22N2O4. The van der Waals surface area contributed by atoms with Crippen LogP contribution in [0.4, 0.5) is 5.69 Å². The normalized spacial score (nSPS) is 10.8. The Kier molecular flexibility index (Phi) is 6.91.